The molecule has 0 spiro atoms. The number of aromatic nitrogens is 1. The molecule has 1 atom stereocenters. The van der Waals surface area contributed by atoms with Gasteiger partial charge in [0.05, 0.1) is 18.8 Å². The third kappa shape index (κ3) is 2.84. The molecule has 0 aromatic carbocycles. The van der Waals surface area contributed by atoms with Crippen LogP contribution in [0.25, 0.3) is 0 Å². The fraction of sp³-hybridized carbons (Fsp3) is 0.545. The second kappa shape index (κ2) is 5.14. The third-order valence-corrected chi connectivity index (χ3v) is 2.58. The number of hydrogen-bond donors (Lipinski definition) is 3. The van der Waals surface area contributed by atoms with Crippen LogP contribution in [0.3, 0.4) is 0 Å². The molecule has 90 valence electrons. The van der Waals surface area contributed by atoms with Gasteiger partial charge in [-0.1, -0.05) is 0 Å². The van der Waals surface area contributed by atoms with Gasteiger partial charge in [0.25, 0.3) is 0 Å². The summed E-state index contributed by atoms with van der Waals surface area (Å²) in [6.45, 7) is 2.75. The lowest BCUT2D eigenvalue weighted by molar-refractivity contribution is -0.126. The Hall–Kier alpha value is -1.33. The molecule has 1 aromatic heterocycles. The quantitative estimate of drug-likeness (QED) is 0.657. The Morgan fingerprint density at radius 2 is 1.88 bits per heavy atom. The molecular formula is C11H18N2O3. The normalized spacial score (nSPS) is 13.5. The van der Waals surface area contributed by atoms with Crippen LogP contribution in [0, 0.1) is 0 Å². The zero-order valence-corrected chi connectivity index (χ0v) is 9.55. The van der Waals surface area contributed by atoms with E-state index in [2.05, 4.69) is 5.32 Å². The van der Waals surface area contributed by atoms with E-state index < -0.39 is 5.54 Å². The highest BCUT2D eigenvalue weighted by molar-refractivity contribution is 5.80. The monoisotopic (exact) mass is 226 g/mol. The number of aliphatic hydroxyl groups is 2. The number of nitrogens with one attached hydrogen (secondary N) is 1. The van der Waals surface area contributed by atoms with E-state index in [9.17, 15) is 4.79 Å². The van der Waals surface area contributed by atoms with E-state index in [1.54, 1.807) is 30.8 Å². The van der Waals surface area contributed by atoms with Crippen LogP contribution in [0.15, 0.2) is 24.5 Å². The van der Waals surface area contributed by atoms with Gasteiger partial charge < -0.3 is 20.1 Å². The molecule has 0 fully saturated rings. The number of aliphatic hydroxyl groups excluding tert-OH is 2. The molecule has 0 aliphatic carbocycles. The van der Waals surface area contributed by atoms with Crippen LogP contribution in [-0.2, 0) is 4.79 Å². The van der Waals surface area contributed by atoms with Gasteiger partial charge in [-0.3, -0.25) is 4.79 Å². The lowest BCUT2D eigenvalue weighted by Gasteiger charge is -2.28. The molecule has 0 bridgehead atoms. The Morgan fingerprint density at radius 1 is 1.38 bits per heavy atom. The molecule has 1 aromatic rings. The van der Waals surface area contributed by atoms with E-state index in [0.717, 1.165) is 0 Å². The number of hydrogen-bond acceptors (Lipinski definition) is 3. The number of carbonyl (C=O) groups is 1. The van der Waals surface area contributed by atoms with Crippen molar-refractivity contribution >= 4 is 5.91 Å². The zero-order valence-electron chi connectivity index (χ0n) is 9.55. The highest BCUT2D eigenvalue weighted by atomic mass is 16.3. The summed E-state index contributed by atoms with van der Waals surface area (Å²) in [4.78, 5) is 11.8. The molecule has 1 amide bonds. The van der Waals surface area contributed by atoms with E-state index in [-0.39, 0.29) is 25.2 Å². The Kier molecular flexibility index (Phi) is 4.09. The average molecular weight is 226 g/mol. The van der Waals surface area contributed by atoms with Crippen LogP contribution in [0.4, 0.5) is 0 Å². The van der Waals surface area contributed by atoms with Crippen LogP contribution < -0.4 is 5.32 Å². The highest BCUT2D eigenvalue weighted by Crippen LogP contribution is 2.09. The minimum absolute atomic E-state index is 0.234. The Bertz CT molecular complexity index is 331. The maximum Gasteiger partial charge on any atom is 0.243 e. The van der Waals surface area contributed by atoms with Crippen molar-refractivity contribution in [3.63, 3.8) is 0 Å². The minimum Gasteiger partial charge on any atom is -0.394 e. The van der Waals surface area contributed by atoms with Crippen molar-refractivity contribution in [2.24, 2.45) is 0 Å². The Labute approximate surface area is 94.7 Å². The molecule has 0 saturated heterocycles. The molecule has 1 rings (SSSR count). The molecule has 0 aliphatic rings. The van der Waals surface area contributed by atoms with Crippen molar-refractivity contribution in [3.05, 3.63) is 24.5 Å². The molecule has 1 unspecified atom stereocenters. The highest BCUT2D eigenvalue weighted by Gasteiger charge is 2.27. The van der Waals surface area contributed by atoms with E-state index in [1.807, 2.05) is 12.1 Å². The minimum atomic E-state index is -0.974. The van der Waals surface area contributed by atoms with Crippen molar-refractivity contribution in [1.29, 1.82) is 0 Å². The number of nitrogens with zero attached hydrogens (tertiary/aromatic N) is 1. The zero-order chi connectivity index (χ0) is 12.2. The molecule has 0 aliphatic heterocycles. The van der Waals surface area contributed by atoms with Crippen molar-refractivity contribution in [3.8, 4) is 0 Å². The van der Waals surface area contributed by atoms with Crippen molar-refractivity contribution in [2.75, 3.05) is 13.2 Å². The fourth-order valence-electron chi connectivity index (χ4n) is 1.27. The molecule has 0 radical (unpaired) electrons. The van der Waals surface area contributed by atoms with Gasteiger partial charge in [-0.15, -0.1) is 0 Å². The van der Waals surface area contributed by atoms with E-state index in [4.69, 9.17) is 10.2 Å². The van der Waals surface area contributed by atoms with Crippen LogP contribution in [0.1, 0.15) is 19.9 Å². The largest absolute Gasteiger partial charge is 0.394 e. The Morgan fingerprint density at radius 3 is 2.31 bits per heavy atom. The van der Waals surface area contributed by atoms with E-state index in [0.29, 0.717) is 0 Å². The molecule has 5 heteroatoms. The molecule has 1 heterocycles. The molecule has 0 saturated carbocycles. The number of carbonyl (C=O) groups excluding carboxylic acids is 1. The first-order valence-electron chi connectivity index (χ1n) is 5.18. The van der Waals surface area contributed by atoms with Crippen molar-refractivity contribution < 1.29 is 15.0 Å². The fourth-order valence-corrected chi connectivity index (χ4v) is 1.27. The SMILES string of the molecule is CC(C(=O)NC(C)(CO)CO)n1cccc1. The summed E-state index contributed by atoms with van der Waals surface area (Å²) in [6, 6.07) is 3.30. The van der Waals surface area contributed by atoms with Gasteiger partial charge >= 0.3 is 0 Å². The Balaban J connectivity index is 2.65. The summed E-state index contributed by atoms with van der Waals surface area (Å²) in [5.74, 6) is -0.234. The molecule has 16 heavy (non-hydrogen) atoms. The first-order chi connectivity index (χ1) is 7.52. The van der Waals surface area contributed by atoms with Gasteiger partial charge in [0.15, 0.2) is 0 Å². The van der Waals surface area contributed by atoms with Gasteiger partial charge in [-0.25, -0.2) is 0 Å². The summed E-state index contributed by atoms with van der Waals surface area (Å²) in [7, 11) is 0. The van der Waals surface area contributed by atoms with Crippen LogP contribution in [-0.4, -0.2) is 39.4 Å². The summed E-state index contributed by atoms with van der Waals surface area (Å²) in [6.07, 6.45) is 3.58. The van der Waals surface area contributed by atoms with Gasteiger partial charge in [0.2, 0.25) is 5.91 Å². The second-order valence-electron chi connectivity index (χ2n) is 4.17. The lowest BCUT2D eigenvalue weighted by atomic mass is 10.0. The predicted molar refractivity (Wildman–Crippen MR) is 59.9 cm³/mol. The van der Waals surface area contributed by atoms with Gasteiger partial charge in [-0.2, -0.15) is 0 Å². The average Bonchev–Trinajstić information content (AvgIpc) is 2.81. The summed E-state index contributed by atoms with van der Waals surface area (Å²) in [5, 5.41) is 20.8. The second-order valence-corrected chi connectivity index (χ2v) is 4.17. The summed E-state index contributed by atoms with van der Waals surface area (Å²) < 4.78 is 1.75. The standard InChI is InChI=1S/C11H18N2O3/c1-9(13-5-3-4-6-13)10(16)12-11(2,7-14)8-15/h3-6,9,14-15H,7-8H2,1-2H3,(H,12,16). The first kappa shape index (κ1) is 12.7. The van der Waals surface area contributed by atoms with E-state index >= 15 is 0 Å². The molecule has 3 N–H and O–H groups in total. The van der Waals surface area contributed by atoms with Gasteiger partial charge in [0.1, 0.15) is 6.04 Å². The van der Waals surface area contributed by atoms with Crippen molar-refractivity contribution in [1.82, 2.24) is 9.88 Å². The maximum atomic E-state index is 11.8. The van der Waals surface area contributed by atoms with Crippen LogP contribution in [0.5, 0.6) is 0 Å². The van der Waals surface area contributed by atoms with Gasteiger partial charge in [-0.05, 0) is 26.0 Å². The van der Waals surface area contributed by atoms with Crippen LogP contribution in [0.2, 0.25) is 0 Å². The summed E-state index contributed by atoms with van der Waals surface area (Å²) >= 11 is 0. The molecular weight excluding hydrogens is 208 g/mol. The smallest absolute Gasteiger partial charge is 0.243 e. The number of rotatable bonds is 5. The topological polar surface area (TPSA) is 74.5 Å². The number of amides is 1. The predicted octanol–water partition coefficient (Wildman–Crippen LogP) is -0.0914. The summed E-state index contributed by atoms with van der Waals surface area (Å²) in [5.41, 5.74) is -0.974. The maximum absolute atomic E-state index is 11.8. The molecule has 5 nitrogen and oxygen atoms in total. The van der Waals surface area contributed by atoms with Crippen LogP contribution >= 0.6 is 0 Å². The third-order valence-electron chi connectivity index (χ3n) is 2.58. The van der Waals surface area contributed by atoms with E-state index in [1.165, 1.54) is 0 Å². The van der Waals surface area contributed by atoms with Crippen molar-refractivity contribution in [2.45, 2.75) is 25.4 Å². The lowest BCUT2D eigenvalue weighted by Crippen LogP contribution is -2.53. The first-order valence-corrected chi connectivity index (χ1v) is 5.18. The van der Waals surface area contributed by atoms with Gasteiger partial charge in [0, 0.05) is 12.4 Å².